The quantitative estimate of drug-likeness (QED) is 0.619. The third-order valence-electron chi connectivity index (χ3n) is 4.17. The second-order valence-corrected chi connectivity index (χ2v) is 8.90. The number of rotatable bonds is 7. The molecule has 146 valence electrons. The Bertz CT molecular complexity index is 1060. The summed E-state index contributed by atoms with van der Waals surface area (Å²) in [6.07, 6.45) is 0.828. The maximum Gasteiger partial charge on any atom is 0.238 e. The summed E-state index contributed by atoms with van der Waals surface area (Å²) in [6.45, 7) is 2.54. The number of benzene rings is 2. The molecule has 28 heavy (non-hydrogen) atoms. The first kappa shape index (κ1) is 20.2. The zero-order valence-electron chi connectivity index (χ0n) is 15.4. The minimum Gasteiger partial charge on any atom is -0.355 e. The summed E-state index contributed by atoms with van der Waals surface area (Å²) in [5.74, 6) is -0.127. The van der Waals surface area contributed by atoms with Crippen molar-refractivity contribution in [3.63, 3.8) is 0 Å². The highest BCUT2D eigenvalue weighted by molar-refractivity contribution is 7.89. The van der Waals surface area contributed by atoms with Gasteiger partial charge in [0.1, 0.15) is 5.01 Å². The molecule has 0 saturated carbocycles. The van der Waals surface area contributed by atoms with Crippen molar-refractivity contribution < 1.29 is 13.2 Å². The summed E-state index contributed by atoms with van der Waals surface area (Å²) in [7, 11) is -3.72. The summed E-state index contributed by atoms with van der Waals surface area (Å²) in [6, 6.07) is 14.2. The van der Waals surface area contributed by atoms with E-state index in [9.17, 15) is 13.2 Å². The van der Waals surface area contributed by atoms with Crippen LogP contribution in [0.15, 0.2) is 58.8 Å². The Labute approximate surface area is 168 Å². The smallest absolute Gasteiger partial charge is 0.238 e. The van der Waals surface area contributed by atoms with E-state index in [4.69, 9.17) is 5.14 Å². The molecule has 6 nitrogen and oxygen atoms in total. The van der Waals surface area contributed by atoms with Gasteiger partial charge in [-0.25, -0.2) is 18.5 Å². The number of nitrogens with zero attached hydrogens (tertiary/aromatic N) is 1. The number of aryl methyl sites for hydroxylation is 1. The molecule has 0 unspecified atom stereocenters. The van der Waals surface area contributed by atoms with Gasteiger partial charge in [-0.15, -0.1) is 11.3 Å². The topological polar surface area (TPSA) is 102 Å². The fourth-order valence-corrected chi connectivity index (χ4v) is 4.00. The number of thiazole rings is 1. The standard InChI is InChI=1S/C20H21N3O3S2/c1-14-2-6-16(7-3-14)20-23-17(13-27-20)10-11-22-19(24)12-15-4-8-18(9-5-15)28(21,25)26/h2-9,13H,10-12H2,1H3,(H,22,24)(H2,21,25,26). The summed E-state index contributed by atoms with van der Waals surface area (Å²) in [4.78, 5) is 16.7. The second-order valence-electron chi connectivity index (χ2n) is 6.48. The average molecular weight is 416 g/mol. The first-order chi connectivity index (χ1) is 13.3. The Balaban J connectivity index is 1.48. The van der Waals surface area contributed by atoms with Crippen LogP contribution in [0.1, 0.15) is 16.8 Å². The average Bonchev–Trinajstić information content (AvgIpc) is 3.11. The Hall–Kier alpha value is -2.55. The van der Waals surface area contributed by atoms with Crippen LogP contribution in [0.2, 0.25) is 0 Å². The SMILES string of the molecule is Cc1ccc(-c2nc(CCNC(=O)Cc3ccc(S(N)(=O)=O)cc3)cs2)cc1. The molecule has 1 amide bonds. The van der Waals surface area contributed by atoms with Crippen molar-refractivity contribution in [2.75, 3.05) is 6.54 Å². The van der Waals surface area contributed by atoms with E-state index >= 15 is 0 Å². The van der Waals surface area contributed by atoms with Gasteiger partial charge in [-0.05, 0) is 24.6 Å². The van der Waals surface area contributed by atoms with Gasteiger partial charge in [0, 0.05) is 23.9 Å². The van der Waals surface area contributed by atoms with Gasteiger partial charge in [0.25, 0.3) is 0 Å². The van der Waals surface area contributed by atoms with Crippen molar-refractivity contribution in [3.05, 3.63) is 70.7 Å². The van der Waals surface area contributed by atoms with E-state index in [2.05, 4.69) is 34.6 Å². The molecule has 0 aliphatic rings. The molecule has 0 atom stereocenters. The molecule has 8 heteroatoms. The highest BCUT2D eigenvalue weighted by atomic mass is 32.2. The molecular formula is C20H21N3O3S2. The lowest BCUT2D eigenvalue weighted by molar-refractivity contribution is -0.120. The minimum absolute atomic E-state index is 0.0320. The number of carbonyl (C=O) groups excluding carboxylic acids is 1. The third-order valence-corrected chi connectivity index (χ3v) is 6.04. The van der Waals surface area contributed by atoms with Crippen LogP contribution in [0.3, 0.4) is 0 Å². The van der Waals surface area contributed by atoms with Gasteiger partial charge in [-0.1, -0.05) is 42.0 Å². The number of primary sulfonamides is 1. The highest BCUT2D eigenvalue weighted by Gasteiger charge is 2.09. The van der Waals surface area contributed by atoms with E-state index in [1.165, 1.54) is 17.7 Å². The predicted octanol–water partition coefficient (Wildman–Crippen LogP) is 2.67. The summed E-state index contributed by atoms with van der Waals surface area (Å²) < 4.78 is 22.5. The molecule has 0 aliphatic heterocycles. The van der Waals surface area contributed by atoms with Crippen LogP contribution in [0.25, 0.3) is 10.6 Å². The predicted molar refractivity (Wildman–Crippen MR) is 111 cm³/mol. The van der Waals surface area contributed by atoms with E-state index in [0.717, 1.165) is 21.8 Å². The number of aromatic nitrogens is 1. The third kappa shape index (κ3) is 5.48. The van der Waals surface area contributed by atoms with Crippen molar-refractivity contribution >= 4 is 27.3 Å². The van der Waals surface area contributed by atoms with Crippen LogP contribution in [0.5, 0.6) is 0 Å². The molecule has 0 fully saturated rings. The molecule has 3 N–H and O–H groups in total. The number of amides is 1. The second kappa shape index (κ2) is 8.64. The molecule has 3 aromatic rings. The molecule has 1 heterocycles. The molecule has 1 aromatic heterocycles. The minimum atomic E-state index is -3.72. The number of hydrogen-bond acceptors (Lipinski definition) is 5. The van der Waals surface area contributed by atoms with Gasteiger partial charge in [0.15, 0.2) is 0 Å². The molecule has 0 bridgehead atoms. The molecule has 0 radical (unpaired) electrons. The van der Waals surface area contributed by atoms with Crippen LogP contribution >= 0.6 is 11.3 Å². The van der Waals surface area contributed by atoms with Crippen molar-refractivity contribution in [1.82, 2.24) is 10.3 Å². The first-order valence-electron chi connectivity index (χ1n) is 8.71. The lowest BCUT2D eigenvalue weighted by Gasteiger charge is -2.05. The van der Waals surface area contributed by atoms with Crippen molar-refractivity contribution in [1.29, 1.82) is 0 Å². The zero-order valence-corrected chi connectivity index (χ0v) is 17.0. The number of nitrogens with two attached hydrogens (primary N) is 1. The van der Waals surface area contributed by atoms with Gasteiger partial charge in [-0.3, -0.25) is 4.79 Å². The van der Waals surface area contributed by atoms with Crippen LogP contribution in [-0.4, -0.2) is 25.9 Å². The number of carbonyl (C=O) groups is 1. The van der Waals surface area contributed by atoms with Gasteiger partial charge in [-0.2, -0.15) is 0 Å². The van der Waals surface area contributed by atoms with Crippen LogP contribution < -0.4 is 10.5 Å². The van der Waals surface area contributed by atoms with Crippen LogP contribution in [-0.2, 0) is 27.7 Å². The first-order valence-corrected chi connectivity index (χ1v) is 11.1. The lowest BCUT2D eigenvalue weighted by atomic mass is 10.1. The molecule has 0 aliphatic carbocycles. The lowest BCUT2D eigenvalue weighted by Crippen LogP contribution is -2.27. The van der Waals surface area contributed by atoms with Gasteiger partial charge >= 0.3 is 0 Å². The monoisotopic (exact) mass is 415 g/mol. The Morgan fingerprint density at radius 3 is 2.43 bits per heavy atom. The Morgan fingerprint density at radius 1 is 1.11 bits per heavy atom. The van der Waals surface area contributed by atoms with E-state index < -0.39 is 10.0 Å². The van der Waals surface area contributed by atoms with Crippen molar-refractivity contribution in [3.8, 4) is 10.6 Å². The van der Waals surface area contributed by atoms with Crippen LogP contribution in [0, 0.1) is 6.92 Å². The Kier molecular flexibility index (Phi) is 6.23. The van der Waals surface area contributed by atoms with Gasteiger partial charge in [0.2, 0.25) is 15.9 Å². The normalized spacial score (nSPS) is 11.4. The largest absolute Gasteiger partial charge is 0.355 e. The van der Waals surface area contributed by atoms with Crippen molar-refractivity contribution in [2.24, 2.45) is 5.14 Å². The summed E-state index contributed by atoms with van der Waals surface area (Å²) in [5, 5.41) is 10.9. The zero-order chi connectivity index (χ0) is 20.1. The molecule has 0 spiro atoms. The Morgan fingerprint density at radius 2 is 1.79 bits per heavy atom. The molecular weight excluding hydrogens is 394 g/mol. The van der Waals surface area contributed by atoms with Gasteiger partial charge < -0.3 is 5.32 Å². The van der Waals surface area contributed by atoms with E-state index in [0.29, 0.717) is 13.0 Å². The fraction of sp³-hybridized carbons (Fsp3) is 0.200. The molecule has 0 saturated heterocycles. The summed E-state index contributed by atoms with van der Waals surface area (Å²) in [5.41, 5.74) is 3.97. The summed E-state index contributed by atoms with van der Waals surface area (Å²) >= 11 is 1.59. The van der Waals surface area contributed by atoms with E-state index in [1.54, 1.807) is 23.5 Å². The highest BCUT2D eigenvalue weighted by Crippen LogP contribution is 2.24. The van der Waals surface area contributed by atoms with E-state index in [-0.39, 0.29) is 17.2 Å². The van der Waals surface area contributed by atoms with Gasteiger partial charge in [0.05, 0.1) is 17.0 Å². The van der Waals surface area contributed by atoms with E-state index in [1.807, 2.05) is 12.3 Å². The number of nitrogens with one attached hydrogen (secondary N) is 1. The maximum absolute atomic E-state index is 12.1. The molecule has 2 aromatic carbocycles. The number of sulfonamides is 1. The maximum atomic E-state index is 12.1. The van der Waals surface area contributed by atoms with Crippen molar-refractivity contribution in [2.45, 2.75) is 24.7 Å². The van der Waals surface area contributed by atoms with Crippen LogP contribution in [0.4, 0.5) is 0 Å². The number of hydrogen-bond donors (Lipinski definition) is 2. The fourth-order valence-electron chi connectivity index (χ4n) is 2.63. The molecule has 3 rings (SSSR count).